The number of carbonyl (C=O) groups is 1. The van der Waals surface area contributed by atoms with Crippen LogP contribution in [0.3, 0.4) is 0 Å². The van der Waals surface area contributed by atoms with Crippen molar-refractivity contribution in [2.24, 2.45) is 0 Å². The molecule has 5 heteroatoms. The Morgan fingerprint density at radius 2 is 1.77 bits per heavy atom. The van der Waals surface area contributed by atoms with E-state index in [1.54, 1.807) is 11.8 Å². The van der Waals surface area contributed by atoms with Crippen LogP contribution in [0.25, 0.3) is 0 Å². The minimum absolute atomic E-state index is 0.163. The third kappa shape index (κ3) is 4.79. The Morgan fingerprint density at radius 3 is 2.36 bits per heavy atom. The lowest BCUT2D eigenvalue weighted by Crippen LogP contribution is -2.32. The number of aliphatic hydroxyl groups excluding tert-OH is 1. The van der Waals surface area contributed by atoms with Crippen molar-refractivity contribution < 1.29 is 9.90 Å². The fraction of sp³-hybridized carbons (Fsp3) is 0.235. The van der Waals surface area contributed by atoms with Crippen LogP contribution in [0.1, 0.15) is 17.2 Å². The van der Waals surface area contributed by atoms with Crippen molar-refractivity contribution in [2.75, 3.05) is 18.1 Å². The van der Waals surface area contributed by atoms with Gasteiger partial charge in [-0.05, 0) is 43.0 Å². The highest BCUT2D eigenvalue weighted by atomic mass is 32.2. The minimum Gasteiger partial charge on any atom is -0.387 e. The maximum atomic E-state index is 11.8. The number of hydrogen-bond donors (Lipinski definition) is 3. The second-order valence-corrected chi connectivity index (χ2v) is 5.87. The second kappa shape index (κ2) is 7.87. The van der Waals surface area contributed by atoms with Crippen LogP contribution in [0, 0.1) is 6.92 Å². The van der Waals surface area contributed by atoms with E-state index in [1.165, 1.54) is 0 Å². The largest absolute Gasteiger partial charge is 0.387 e. The molecule has 0 saturated carbocycles. The molecule has 3 N–H and O–H groups in total. The molecule has 2 aromatic rings. The zero-order valence-electron chi connectivity index (χ0n) is 12.7. The van der Waals surface area contributed by atoms with Crippen molar-refractivity contribution in [1.29, 1.82) is 0 Å². The Morgan fingerprint density at radius 1 is 1.14 bits per heavy atom. The van der Waals surface area contributed by atoms with Crippen molar-refractivity contribution in [3.63, 3.8) is 0 Å². The highest BCUT2D eigenvalue weighted by Crippen LogP contribution is 2.18. The first-order valence-electron chi connectivity index (χ1n) is 7.02. The number of aliphatic hydroxyl groups is 1. The highest BCUT2D eigenvalue weighted by Gasteiger charge is 2.09. The summed E-state index contributed by atoms with van der Waals surface area (Å²) in [6.07, 6.45) is 1.28. The summed E-state index contributed by atoms with van der Waals surface area (Å²) in [4.78, 5) is 12.9. The van der Waals surface area contributed by atoms with Crippen molar-refractivity contribution >= 4 is 23.5 Å². The predicted octanol–water partition coefficient (Wildman–Crippen LogP) is 3.57. The molecule has 116 valence electrons. The lowest BCUT2D eigenvalue weighted by molar-refractivity contribution is 0.175. The number of thioether (sulfide) groups is 1. The third-order valence-electron chi connectivity index (χ3n) is 3.27. The summed E-state index contributed by atoms with van der Waals surface area (Å²) in [6, 6.07) is 14.9. The molecule has 2 aromatic carbocycles. The molecule has 0 bridgehead atoms. The summed E-state index contributed by atoms with van der Waals surface area (Å²) in [6.45, 7) is 2.15. The molecule has 2 rings (SSSR count). The summed E-state index contributed by atoms with van der Waals surface area (Å²) >= 11 is 1.65. The van der Waals surface area contributed by atoms with E-state index in [4.69, 9.17) is 0 Å². The zero-order valence-corrected chi connectivity index (χ0v) is 13.5. The number of anilines is 1. The van der Waals surface area contributed by atoms with E-state index in [-0.39, 0.29) is 12.6 Å². The van der Waals surface area contributed by atoms with Gasteiger partial charge in [0.05, 0.1) is 6.10 Å². The van der Waals surface area contributed by atoms with Crippen molar-refractivity contribution in [3.05, 3.63) is 59.7 Å². The quantitative estimate of drug-likeness (QED) is 0.739. The zero-order chi connectivity index (χ0) is 15.9. The Kier molecular flexibility index (Phi) is 5.86. The Hall–Kier alpha value is -1.98. The van der Waals surface area contributed by atoms with E-state index in [1.807, 2.05) is 61.7 Å². The Balaban J connectivity index is 1.83. The molecule has 0 aromatic heterocycles. The lowest BCUT2D eigenvalue weighted by Gasteiger charge is -2.13. The number of carbonyl (C=O) groups excluding carboxylic acids is 1. The summed E-state index contributed by atoms with van der Waals surface area (Å²) in [5.41, 5.74) is 2.64. The van der Waals surface area contributed by atoms with Crippen LogP contribution < -0.4 is 10.6 Å². The Bertz CT molecular complexity index is 612. The fourth-order valence-electron chi connectivity index (χ4n) is 1.95. The van der Waals surface area contributed by atoms with Crippen LogP contribution in [0.15, 0.2) is 53.4 Å². The van der Waals surface area contributed by atoms with Gasteiger partial charge in [-0.2, -0.15) is 0 Å². The van der Waals surface area contributed by atoms with Gasteiger partial charge >= 0.3 is 6.03 Å². The molecular weight excluding hydrogens is 296 g/mol. The average Bonchev–Trinajstić information content (AvgIpc) is 2.55. The van der Waals surface area contributed by atoms with Crippen molar-refractivity contribution in [3.8, 4) is 0 Å². The number of rotatable bonds is 5. The van der Waals surface area contributed by atoms with Gasteiger partial charge in [0, 0.05) is 17.1 Å². The number of amides is 2. The molecule has 0 saturated heterocycles. The maximum Gasteiger partial charge on any atom is 0.319 e. The van der Waals surface area contributed by atoms with E-state index in [9.17, 15) is 9.90 Å². The molecule has 0 aliphatic carbocycles. The maximum absolute atomic E-state index is 11.8. The molecule has 1 unspecified atom stereocenters. The number of hydrogen-bond acceptors (Lipinski definition) is 3. The summed E-state index contributed by atoms with van der Waals surface area (Å²) < 4.78 is 0. The molecule has 2 amide bonds. The standard InChI is InChI=1S/C17H20N2O2S/c1-12-3-7-14(8-4-12)19-17(21)18-11-16(20)13-5-9-15(22-2)10-6-13/h3-10,16,20H,11H2,1-2H3,(H2,18,19,21). The van der Waals surface area contributed by atoms with Crippen LogP contribution in [-0.2, 0) is 0 Å². The third-order valence-corrected chi connectivity index (χ3v) is 4.01. The predicted molar refractivity (Wildman–Crippen MR) is 91.4 cm³/mol. The van der Waals surface area contributed by atoms with Gasteiger partial charge in [-0.25, -0.2) is 4.79 Å². The number of urea groups is 1. The van der Waals surface area contributed by atoms with Gasteiger partial charge in [0.1, 0.15) is 0 Å². The van der Waals surface area contributed by atoms with Crippen molar-refractivity contribution in [1.82, 2.24) is 5.32 Å². The first-order chi connectivity index (χ1) is 10.6. The van der Waals surface area contributed by atoms with Crippen LogP contribution in [0.5, 0.6) is 0 Å². The monoisotopic (exact) mass is 316 g/mol. The molecule has 0 heterocycles. The van der Waals surface area contributed by atoms with Crippen molar-refractivity contribution in [2.45, 2.75) is 17.9 Å². The highest BCUT2D eigenvalue weighted by molar-refractivity contribution is 7.98. The van der Waals surface area contributed by atoms with Gasteiger partial charge in [-0.15, -0.1) is 11.8 Å². The topological polar surface area (TPSA) is 61.4 Å². The first-order valence-corrected chi connectivity index (χ1v) is 8.24. The lowest BCUT2D eigenvalue weighted by atomic mass is 10.1. The Labute approximate surface area is 134 Å². The van der Waals surface area contributed by atoms with E-state index in [2.05, 4.69) is 10.6 Å². The van der Waals surface area contributed by atoms with Crippen LogP contribution >= 0.6 is 11.8 Å². The van der Waals surface area contributed by atoms with Gasteiger partial charge in [0.2, 0.25) is 0 Å². The van der Waals surface area contributed by atoms with E-state index in [0.29, 0.717) is 0 Å². The molecule has 4 nitrogen and oxygen atoms in total. The molecule has 0 fully saturated rings. The molecular formula is C17H20N2O2S. The molecule has 0 spiro atoms. The summed E-state index contributed by atoms with van der Waals surface area (Å²) in [5.74, 6) is 0. The normalized spacial score (nSPS) is 11.8. The van der Waals surface area contributed by atoms with Crippen LogP contribution in [0.4, 0.5) is 10.5 Å². The number of benzene rings is 2. The van der Waals surface area contributed by atoms with Gasteiger partial charge in [0.25, 0.3) is 0 Å². The summed E-state index contributed by atoms with van der Waals surface area (Å²) in [7, 11) is 0. The molecule has 0 aliphatic rings. The minimum atomic E-state index is -0.723. The summed E-state index contributed by atoms with van der Waals surface area (Å²) in [5, 5.41) is 15.5. The van der Waals surface area contributed by atoms with Gasteiger partial charge in [-0.1, -0.05) is 29.8 Å². The fourth-order valence-corrected chi connectivity index (χ4v) is 2.35. The number of aryl methyl sites for hydroxylation is 1. The molecule has 22 heavy (non-hydrogen) atoms. The second-order valence-electron chi connectivity index (χ2n) is 4.99. The van der Waals surface area contributed by atoms with Gasteiger partial charge in [0.15, 0.2) is 0 Å². The molecule has 0 radical (unpaired) electrons. The van der Waals surface area contributed by atoms with E-state index in [0.717, 1.165) is 21.7 Å². The smallest absolute Gasteiger partial charge is 0.319 e. The van der Waals surface area contributed by atoms with Gasteiger partial charge in [-0.3, -0.25) is 0 Å². The first kappa shape index (κ1) is 16.4. The van der Waals surface area contributed by atoms with E-state index < -0.39 is 6.10 Å². The number of nitrogens with one attached hydrogen (secondary N) is 2. The van der Waals surface area contributed by atoms with E-state index >= 15 is 0 Å². The molecule has 0 aliphatic heterocycles. The van der Waals surface area contributed by atoms with Crippen LogP contribution in [0.2, 0.25) is 0 Å². The average molecular weight is 316 g/mol. The SMILES string of the molecule is CSc1ccc(C(O)CNC(=O)Nc2ccc(C)cc2)cc1. The van der Waals surface area contributed by atoms with Crippen LogP contribution in [-0.4, -0.2) is 23.9 Å². The molecule has 1 atom stereocenters. The van der Waals surface area contributed by atoms with Gasteiger partial charge < -0.3 is 15.7 Å².